The van der Waals surface area contributed by atoms with Crippen LogP contribution in [0.1, 0.15) is 19.4 Å². The molecule has 2 rings (SSSR count). The van der Waals surface area contributed by atoms with Gasteiger partial charge in [-0.15, -0.1) is 0 Å². The van der Waals surface area contributed by atoms with Gasteiger partial charge in [0.2, 0.25) is 0 Å². The molecule has 0 bridgehead atoms. The van der Waals surface area contributed by atoms with E-state index in [1.54, 1.807) is 0 Å². The van der Waals surface area contributed by atoms with Crippen LogP contribution in [-0.4, -0.2) is 17.8 Å². The minimum Gasteiger partial charge on any atom is -0.396 e. The Kier molecular flexibility index (Phi) is 2.93. The zero-order valence-corrected chi connectivity index (χ0v) is 11.4. The van der Waals surface area contributed by atoms with E-state index in [1.807, 2.05) is 13.8 Å². The minimum atomic E-state index is -0.196. The molecule has 1 aliphatic heterocycles. The summed E-state index contributed by atoms with van der Waals surface area (Å²) in [6.45, 7) is 6.28. The third kappa shape index (κ3) is 1.94. The molecule has 0 saturated heterocycles. The fraction of sp³-hybridized carbons (Fsp3) is 0.462. The Bertz CT molecular complexity index is 534. The Morgan fingerprint density at radius 1 is 1.44 bits per heavy atom. The zero-order chi connectivity index (χ0) is 11.9. The lowest BCUT2D eigenvalue weighted by Crippen LogP contribution is -2.29. The predicted octanol–water partition coefficient (Wildman–Crippen LogP) is 1.56. The summed E-state index contributed by atoms with van der Waals surface area (Å²) in [6.07, 6.45) is 2.14. The molecule has 3 heteroatoms. The highest BCUT2D eigenvalue weighted by Gasteiger charge is 2.28. The molecule has 1 unspecified atom stereocenters. The maximum Gasteiger partial charge on any atom is 0.0769 e. The van der Waals surface area contributed by atoms with Gasteiger partial charge in [-0.3, -0.25) is 4.99 Å². The molecule has 16 heavy (non-hydrogen) atoms. The van der Waals surface area contributed by atoms with Crippen LogP contribution in [0.25, 0.3) is 6.08 Å². The Balaban J connectivity index is 2.57. The van der Waals surface area contributed by atoms with Gasteiger partial charge in [0.15, 0.2) is 0 Å². The minimum absolute atomic E-state index is 0.0699. The van der Waals surface area contributed by atoms with Crippen LogP contribution in [0.5, 0.6) is 0 Å². The van der Waals surface area contributed by atoms with E-state index in [-0.39, 0.29) is 18.1 Å². The largest absolute Gasteiger partial charge is 0.396 e. The SMILES string of the molecule is Cc1cc(Br)cc2c1=NC(C(C)(C)CO)C=2. The van der Waals surface area contributed by atoms with Gasteiger partial charge in [-0.1, -0.05) is 35.9 Å². The summed E-state index contributed by atoms with van der Waals surface area (Å²) in [5, 5.41) is 11.6. The molecule has 1 heterocycles. The zero-order valence-electron chi connectivity index (χ0n) is 9.79. The van der Waals surface area contributed by atoms with Crippen molar-refractivity contribution < 1.29 is 5.11 Å². The van der Waals surface area contributed by atoms with Gasteiger partial charge < -0.3 is 5.11 Å². The molecule has 1 atom stereocenters. The molecule has 0 saturated carbocycles. The van der Waals surface area contributed by atoms with Crippen molar-refractivity contribution in [2.75, 3.05) is 6.61 Å². The number of hydrogen-bond donors (Lipinski definition) is 1. The molecule has 2 nitrogen and oxygen atoms in total. The van der Waals surface area contributed by atoms with Gasteiger partial charge >= 0.3 is 0 Å². The van der Waals surface area contributed by atoms with Gasteiger partial charge in [0.05, 0.1) is 18.0 Å². The lowest BCUT2D eigenvalue weighted by atomic mass is 9.86. The topological polar surface area (TPSA) is 32.6 Å². The van der Waals surface area contributed by atoms with Crippen molar-refractivity contribution in [3.05, 3.63) is 32.7 Å². The number of hydrogen-bond acceptors (Lipinski definition) is 2. The number of fused-ring (bicyclic) bond motifs is 1. The van der Waals surface area contributed by atoms with E-state index < -0.39 is 0 Å². The average molecular weight is 282 g/mol. The van der Waals surface area contributed by atoms with Crippen LogP contribution in [0.3, 0.4) is 0 Å². The molecule has 0 fully saturated rings. The maximum absolute atomic E-state index is 9.37. The number of benzene rings is 1. The quantitative estimate of drug-likeness (QED) is 0.877. The second-order valence-corrected chi connectivity index (χ2v) is 5.96. The van der Waals surface area contributed by atoms with Gasteiger partial charge in [-0.2, -0.15) is 0 Å². The number of halogens is 1. The first-order valence-corrected chi connectivity index (χ1v) is 6.20. The molecule has 1 aromatic rings. The van der Waals surface area contributed by atoms with Gasteiger partial charge in [-0.25, -0.2) is 0 Å². The van der Waals surface area contributed by atoms with Crippen LogP contribution in [0.2, 0.25) is 0 Å². The van der Waals surface area contributed by atoms with Crippen LogP contribution in [0.15, 0.2) is 21.6 Å². The summed E-state index contributed by atoms with van der Waals surface area (Å²) in [4.78, 5) is 4.70. The molecule has 0 radical (unpaired) electrons. The average Bonchev–Trinajstić information content (AvgIpc) is 2.62. The van der Waals surface area contributed by atoms with Gasteiger partial charge in [0.1, 0.15) is 0 Å². The van der Waals surface area contributed by atoms with Crippen molar-refractivity contribution in [3.8, 4) is 0 Å². The van der Waals surface area contributed by atoms with Crippen LogP contribution in [0, 0.1) is 12.3 Å². The molecular weight excluding hydrogens is 266 g/mol. The summed E-state index contributed by atoms with van der Waals surface area (Å²) in [5.41, 5.74) is 0.981. The van der Waals surface area contributed by atoms with Crippen molar-refractivity contribution in [2.24, 2.45) is 10.4 Å². The lowest BCUT2D eigenvalue weighted by molar-refractivity contribution is 0.151. The predicted molar refractivity (Wildman–Crippen MR) is 68.8 cm³/mol. The number of aryl methyl sites for hydroxylation is 1. The van der Waals surface area contributed by atoms with Crippen LogP contribution < -0.4 is 10.6 Å². The number of rotatable bonds is 2. The van der Waals surface area contributed by atoms with Gasteiger partial charge in [0.25, 0.3) is 0 Å². The number of aliphatic hydroxyl groups is 1. The van der Waals surface area contributed by atoms with Crippen molar-refractivity contribution in [2.45, 2.75) is 26.8 Å². The molecule has 86 valence electrons. The number of nitrogens with zero attached hydrogens (tertiary/aromatic N) is 1. The highest BCUT2D eigenvalue weighted by molar-refractivity contribution is 9.10. The van der Waals surface area contributed by atoms with E-state index in [0.29, 0.717) is 0 Å². The van der Waals surface area contributed by atoms with Crippen molar-refractivity contribution in [1.82, 2.24) is 0 Å². The molecule has 0 amide bonds. The first-order chi connectivity index (χ1) is 7.44. The van der Waals surface area contributed by atoms with E-state index in [0.717, 1.165) is 9.83 Å². The monoisotopic (exact) mass is 281 g/mol. The van der Waals surface area contributed by atoms with E-state index >= 15 is 0 Å². The second-order valence-electron chi connectivity index (χ2n) is 5.05. The normalized spacial score (nSPS) is 18.9. The standard InChI is InChI=1S/C13H16BrNO/c1-8-4-10(14)5-9-6-11(15-12(8)9)13(2,3)7-16/h4-6,11,16H,7H2,1-3H3. The first-order valence-electron chi connectivity index (χ1n) is 5.41. The van der Waals surface area contributed by atoms with Crippen LogP contribution >= 0.6 is 15.9 Å². The van der Waals surface area contributed by atoms with Crippen LogP contribution in [-0.2, 0) is 0 Å². The molecular formula is C13H16BrNO. The smallest absolute Gasteiger partial charge is 0.0769 e. The summed E-state index contributed by atoms with van der Waals surface area (Å²) in [7, 11) is 0. The highest BCUT2D eigenvalue weighted by Crippen LogP contribution is 2.24. The van der Waals surface area contributed by atoms with Crippen molar-refractivity contribution in [3.63, 3.8) is 0 Å². The second kappa shape index (κ2) is 3.97. The third-order valence-corrected chi connectivity index (χ3v) is 3.57. The Morgan fingerprint density at radius 3 is 2.75 bits per heavy atom. The summed E-state index contributed by atoms with van der Waals surface area (Å²) < 4.78 is 1.08. The van der Waals surface area contributed by atoms with E-state index in [9.17, 15) is 5.11 Å². The van der Waals surface area contributed by atoms with E-state index in [2.05, 4.69) is 41.1 Å². The molecule has 1 aromatic carbocycles. The van der Waals surface area contributed by atoms with Crippen LogP contribution in [0.4, 0.5) is 0 Å². The third-order valence-electron chi connectivity index (χ3n) is 3.11. The fourth-order valence-electron chi connectivity index (χ4n) is 1.91. The molecule has 1 aliphatic rings. The molecule has 1 N–H and O–H groups in total. The molecule has 0 spiro atoms. The van der Waals surface area contributed by atoms with E-state index in [4.69, 9.17) is 4.99 Å². The highest BCUT2D eigenvalue weighted by atomic mass is 79.9. The molecule has 0 aliphatic carbocycles. The van der Waals surface area contributed by atoms with Gasteiger partial charge in [0, 0.05) is 9.89 Å². The first kappa shape index (κ1) is 11.8. The van der Waals surface area contributed by atoms with Crippen molar-refractivity contribution >= 4 is 22.0 Å². The number of aliphatic hydroxyl groups excluding tert-OH is 1. The Labute approximate surface area is 104 Å². The maximum atomic E-state index is 9.37. The fourth-order valence-corrected chi connectivity index (χ4v) is 2.50. The van der Waals surface area contributed by atoms with Crippen molar-refractivity contribution in [1.29, 1.82) is 0 Å². The summed E-state index contributed by atoms with van der Waals surface area (Å²) >= 11 is 3.49. The Morgan fingerprint density at radius 2 is 2.12 bits per heavy atom. The summed E-state index contributed by atoms with van der Waals surface area (Å²) in [5.74, 6) is 0. The lowest BCUT2D eigenvalue weighted by Gasteiger charge is -2.25. The summed E-state index contributed by atoms with van der Waals surface area (Å²) in [6, 6.07) is 4.23. The Hall–Kier alpha value is -0.670. The van der Waals surface area contributed by atoms with Gasteiger partial charge in [-0.05, 0) is 29.8 Å². The van der Waals surface area contributed by atoms with E-state index in [1.165, 1.54) is 10.8 Å². The molecule has 0 aromatic heterocycles.